The summed E-state index contributed by atoms with van der Waals surface area (Å²) >= 11 is 0. The molecule has 19 heavy (non-hydrogen) atoms. The van der Waals surface area contributed by atoms with E-state index in [0.717, 1.165) is 44.5 Å². The van der Waals surface area contributed by atoms with Gasteiger partial charge < -0.3 is 15.8 Å². The molecule has 0 saturated carbocycles. The molecule has 2 unspecified atom stereocenters. The Labute approximate surface area is 115 Å². The summed E-state index contributed by atoms with van der Waals surface area (Å²) in [6.07, 6.45) is 7.37. The summed E-state index contributed by atoms with van der Waals surface area (Å²) in [6, 6.07) is 0.159. The van der Waals surface area contributed by atoms with Crippen LogP contribution in [0, 0.1) is 0 Å². The van der Waals surface area contributed by atoms with Crippen molar-refractivity contribution in [1.29, 1.82) is 0 Å². The van der Waals surface area contributed by atoms with Crippen LogP contribution < -0.4 is 11.1 Å². The summed E-state index contributed by atoms with van der Waals surface area (Å²) in [5, 5.41) is 7.88. The lowest BCUT2D eigenvalue weighted by atomic mass is 10.0. The smallest absolute Gasteiger partial charge is 0.0779 e. The van der Waals surface area contributed by atoms with Crippen molar-refractivity contribution in [2.75, 3.05) is 19.7 Å². The van der Waals surface area contributed by atoms with Gasteiger partial charge in [-0.3, -0.25) is 4.68 Å². The van der Waals surface area contributed by atoms with Crippen molar-refractivity contribution in [3.63, 3.8) is 0 Å². The summed E-state index contributed by atoms with van der Waals surface area (Å²) in [5.74, 6) is 0. The van der Waals surface area contributed by atoms with Crippen LogP contribution in [0.2, 0.25) is 0 Å². The lowest BCUT2D eigenvalue weighted by molar-refractivity contribution is 0.0189. The van der Waals surface area contributed by atoms with Crippen LogP contribution in [0.1, 0.15) is 44.7 Å². The van der Waals surface area contributed by atoms with E-state index in [4.69, 9.17) is 10.5 Å². The highest BCUT2D eigenvalue weighted by Crippen LogP contribution is 2.25. The standard InChI is InChI=1S/C14H26N4O/c1-3-6-18-10-12(9-17-18)13(8-15)16-11-14(2)5-4-7-19-14/h9-10,13,16H,3-8,11,15H2,1-2H3. The number of ether oxygens (including phenoxy) is 1. The summed E-state index contributed by atoms with van der Waals surface area (Å²) in [6.45, 7) is 7.57. The second-order valence-electron chi connectivity index (χ2n) is 5.61. The van der Waals surface area contributed by atoms with Crippen molar-refractivity contribution >= 4 is 0 Å². The molecule has 1 saturated heterocycles. The Morgan fingerprint density at radius 2 is 2.47 bits per heavy atom. The zero-order valence-electron chi connectivity index (χ0n) is 12.1. The fourth-order valence-electron chi connectivity index (χ4n) is 2.56. The monoisotopic (exact) mass is 266 g/mol. The van der Waals surface area contributed by atoms with E-state index in [9.17, 15) is 0 Å². The predicted octanol–water partition coefficient (Wildman–Crippen LogP) is 1.45. The minimum absolute atomic E-state index is 0.0349. The Bertz CT molecular complexity index is 385. The van der Waals surface area contributed by atoms with Crippen LogP contribution in [0.15, 0.2) is 12.4 Å². The molecule has 2 rings (SSSR count). The maximum absolute atomic E-state index is 5.88. The molecule has 1 aromatic rings. The molecule has 0 bridgehead atoms. The molecular formula is C14H26N4O. The highest BCUT2D eigenvalue weighted by atomic mass is 16.5. The fourth-order valence-corrected chi connectivity index (χ4v) is 2.56. The van der Waals surface area contributed by atoms with Gasteiger partial charge in [0, 0.05) is 44.0 Å². The zero-order valence-corrected chi connectivity index (χ0v) is 12.1. The van der Waals surface area contributed by atoms with Crippen LogP contribution in [-0.2, 0) is 11.3 Å². The summed E-state index contributed by atoms with van der Waals surface area (Å²) in [7, 11) is 0. The fraction of sp³-hybridized carbons (Fsp3) is 0.786. The zero-order chi connectivity index (χ0) is 13.7. The number of aromatic nitrogens is 2. The van der Waals surface area contributed by atoms with Gasteiger partial charge in [-0.25, -0.2) is 0 Å². The van der Waals surface area contributed by atoms with E-state index < -0.39 is 0 Å². The van der Waals surface area contributed by atoms with Gasteiger partial charge in [0.25, 0.3) is 0 Å². The molecule has 1 aliphatic rings. The number of nitrogens with two attached hydrogens (primary N) is 1. The van der Waals surface area contributed by atoms with Crippen molar-refractivity contribution in [1.82, 2.24) is 15.1 Å². The second-order valence-corrected chi connectivity index (χ2v) is 5.61. The third kappa shape index (κ3) is 3.78. The molecule has 5 nitrogen and oxygen atoms in total. The van der Waals surface area contributed by atoms with Crippen molar-refractivity contribution < 1.29 is 4.74 Å². The van der Waals surface area contributed by atoms with Gasteiger partial charge in [0.2, 0.25) is 0 Å². The van der Waals surface area contributed by atoms with E-state index in [1.54, 1.807) is 0 Å². The molecule has 1 aromatic heterocycles. The first-order valence-corrected chi connectivity index (χ1v) is 7.26. The van der Waals surface area contributed by atoms with E-state index in [-0.39, 0.29) is 11.6 Å². The normalized spacial score (nSPS) is 24.8. The lowest BCUT2D eigenvalue weighted by Crippen LogP contribution is -2.40. The number of nitrogens with one attached hydrogen (secondary N) is 1. The Hall–Kier alpha value is -0.910. The highest BCUT2D eigenvalue weighted by Gasteiger charge is 2.30. The molecule has 0 radical (unpaired) electrons. The maximum Gasteiger partial charge on any atom is 0.0779 e. The van der Waals surface area contributed by atoms with Gasteiger partial charge in [-0.15, -0.1) is 0 Å². The number of hydrogen-bond acceptors (Lipinski definition) is 4. The second kappa shape index (κ2) is 6.50. The van der Waals surface area contributed by atoms with Gasteiger partial charge in [0.05, 0.1) is 11.8 Å². The van der Waals surface area contributed by atoms with Crippen LogP contribution in [-0.4, -0.2) is 35.1 Å². The number of rotatable bonds is 7. The maximum atomic E-state index is 5.88. The SMILES string of the molecule is CCCn1cc(C(CN)NCC2(C)CCCO2)cn1. The summed E-state index contributed by atoms with van der Waals surface area (Å²) in [5.41, 5.74) is 7.01. The van der Waals surface area contributed by atoms with Gasteiger partial charge in [-0.05, 0) is 26.2 Å². The Balaban J connectivity index is 1.91. The third-order valence-corrected chi connectivity index (χ3v) is 3.77. The van der Waals surface area contributed by atoms with Crippen LogP contribution in [0.4, 0.5) is 0 Å². The van der Waals surface area contributed by atoms with Gasteiger partial charge in [0.15, 0.2) is 0 Å². The average Bonchev–Trinajstić information content (AvgIpc) is 3.01. The first-order valence-electron chi connectivity index (χ1n) is 7.26. The molecule has 0 aliphatic carbocycles. The topological polar surface area (TPSA) is 65.1 Å². The highest BCUT2D eigenvalue weighted by molar-refractivity contribution is 5.11. The largest absolute Gasteiger partial charge is 0.374 e. The first kappa shape index (κ1) is 14.5. The van der Waals surface area contributed by atoms with Crippen LogP contribution in [0.3, 0.4) is 0 Å². The average molecular weight is 266 g/mol. The molecule has 1 fully saturated rings. The molecular weight excluding hydrogens is 240 g/mol. The van der Waals surface area contributed by atoms with Gasteiger partial charge >= 0.3 is 0 Å². The molecule has 0 aromatic carbocycles. The molecule has 5 heteroatoms. The van der Waals surface area contributed by atoms with E-state index >= 15 is 0 Å². The lowest BCUT2D eigenvalue weighted by Gasteiger charge is -2.26. The molecule has 0 spiro atoms. The molecule has 0 amide bonds. The first-order chi connectivity index (χ1) is 9.17. The molecule has 1 aliphatic heterocycles. The van der Waals surface area contributed by atoms with Gasteiger partial charge in [0.1, 0.15) is 0 Å². The van der Waals surface area contributed by atoms with Crippen LogP contribution in [0.25, 0.3) is 0 Å². The minimum Gasteiger partial charge on any atom is -0.374 e. The van der Waals surface area contributed by atoms with E-state index in [1.165, 1.54) is 0 Å². The minimum atomic E-state index is -0.0349. The van der Waals surface area contributed by atoms with Gasteiger partial charge in [-0.1, -0.05) is 6.92 Å². The van der Waals surface area contributed by atoms with E-state index in [2.05, 4.69) is 30.5 Å². The predicted molar refractivity (Wildman–Crippen MR) is 75.9 cm³/mol. The Morgan fingerprint density at radius 3 is 3.11 bits per heavy atom. The van der Waals surface area contributed by atoms with Crippen molar-refractivity contribution in [2.45, 2.75) is 51.3 Å². The summed E-state index contributed by atoms with van der Waals surface area (Å²) < 4.78 is 7.77. The molecule has 3 N–H and O–H groups in total. The number of aryl methyl sites for hydroxylation is 1. The van der Waals surface area contributed by atoms with Crippen LogP contribution >= 0.6 is 0 Å². The van der Waals surface area contributed by atoms with E-state index in [0.29, 0.717) is 6.54 Å². The quantitative estimate of drug-likeness (QED) is 0.784. The molecule has 108 valence electrons. The third-order valence-electron chi connectivity index (χ3n) is 3.77. The molecule has 2 atom stereocenters. The van der Waals surface area contributed by atoms with Crippen LogP contribution in [0.5, 0.6) is 0 Å². The van der Waals surface area contributed by atoms with Gasteiger partial charge in [-0.2, -0.15) is 5.10 Å². The van der Waals surface area contributed by atoms with Crippen molar-refractivity contribution in [3.05, 3.63) is 18.0 Å². The van der Waals surface area contributed by atoms with Crippen molar-refractivity contribution in [3.8, 4) is 0 Å². The number of hydrogen-bond donors (Lipinski definition) is 2. The molecule has 2 heterocycles. The Morgan fingerprint density at radius 1 is 1.63 bits per heavy atom. The van der Waals surface area contributed by atoms with E-state index in [1.807, 2.05) is 10.9 Å². The summed E-state index contributed by atoms with van der Waals surface area (Å²) in [4.78, 5) is 0. The number of nitrogens with zero attached hydrogens (tertiary/aromatic N) is 2. The Kier molecular flexibility index (Phi) is 4.96. The van der Waals surface area contributed by atoms with Crippen molar-refractivity contribution in [2.24, 2.45) is 5.73 Å².